The Balaban J connectivity index is 2.83. The predicted octanol–water partition coefficient (Wildman–Crippen LogP) is 4.37. The molecular formula is C18H31NO. The molecule has 0 saturated carbocycles. The molecule has 0 spiro atoms. The molecule has 1 aliphatic rings. The molecule has 1 aliphatic heterocycles. The van der Waals surface area contributed by atoms with E-state index in [1.165, 1.54) is 43.4 Å². The molecule has 1 rings (SSSR count). The van der Waals surface area contributed by atoms with Gasteiger partial charge in [0, 0.05) is 19.5 Å². The van der Waals surface area contributed by atoms with Crippen LogP contribution in [0.25, 0.3) is 0 Å². The van der Waals surface area contributed by atoms with Gasteiger partial charge in [0.1, 0.15) is 0 Å². The monoisotopic (exact) mass is 277 g/mol. The third kappa shape index (κ3) is 6.01. The van der Waals surface area contributed by atoms with Crippen LogP contribution in [-0.4, -0.2) is 31.2 Å². The minimum absolute atomic E-state index is 0.838. The van der Waals surface area contributed by atoms with Gasteiger partial charge in [-0.15, -0.1) is 0 Å². The van der Waals surface area contributed by atoms with Gasteiger partial charge >= 0.3 is 0 Å². The largest absolute Gasteiger partial charge is 0.378 e. The Morgan fingerprint density at radius 1 is 1.05 bits per heavy atom. The molecular weight excluding hydrogens is 246 g/mol. The Bertz CT molecular complexity index is 342. The first-order valence-electron chi connectivity index (χ1n) is 8.37. The first kappa shape index (κ1) is 17.1. The van der Waals surface area contributed by atoms with Crippen molar-refractivity contribution in [3.05, 3.63) is 11.3 Å². The second kappa shape index (κ2) is 10.8. The number of hydrogen-bond acceptors (Lipinski definition) is 2. The second-order valence-corrected chi connectivity index (χ2v) is 5.41. The Kier molecular flexibility index (Phi) is 9.24. The van der Waals surface area contributed by atoms with Gasteiger partial charge in [0.05, 0.1) is 18.9 Å². The molecule has 1 heterocycles. The lowest BCUT2D eigenvalue weighted by atomic mass is 10.0. The maximum Gasteiger partial charge on any atom is 0.0872 e. The lowest BCUT2D eigenvalue weighted by Gasteiger charge is -2.30. The minimum atomic E-state index is 0.838. The van der Waals surface area contributed by atoms with Crippen molar-refractivity contribution >= 4 is 0 Å². The quantitative estimate of drug-likeness (QED) is 0.506. The van der Waals surface area contributed by atoms with E-state index in [0.717, 1.165) is 39.1 Å². The normalized spacial score (nSPS) is 16.4. The molecule has 0 aromatic rings. The summed E-state index contributed by atoms with van der Waals surface area (Å²) in [6, 6.07) is 0. The lowest BCUT2D eigenvalue weighted by molar-refractivity contribution is 0.0552. The van der Waals surface area contributed by atoms with Gasteiger partial charge in [-0.1, -0.05) is 39.5 Å². The van der Waals surface area contributed by atoms with E-state index in [1.807, 2.05) is 0 Å². The minimum Gasteiger partial charge on any atom is -0.378 e. The smallest absolute Gasteiger partial charge is 0.0872 e. The standard InChI is InChI=1S/C18H31NO/c1-4-7-9-10-12-18(17(6-3)11-8-5-2)19-13-15-20-16-14-19/h4-9,11,13-16H2,1-3H3/b18-17+. The molecule has 2 heteroatoms. The number of allylic oxidation sites excluding steroid dienone is 2. The van der Waals surface area contributed by atoms with Gasteiger partial charge in [0.25, 0.3) is 0 Å². The summed E-state index contributed by atoms with van der Waals surface area (Å²) in [7, 11) is 0. The summed E-state index contributed by atoms with van der Waals surface area (Å²) in [6.07, 6.45) is 8.30. The van der Waals surface area contributed by atoms with E-state index in [0.29, 0.717) is 0 Å². The van der Waals surface area contributed by atoms with E-state index >= 15 is 0 Å². The van der Waals surface area contributed by atoms with Crippen LogP contribution in [0.5, 0.6) is 0 Å². The number of nitrogens with zero attached hydrogens (tertiary/aromatic N) is 1. The fraction of sp³-hybridized carbons (Fsp3) is 0.778. The summed E-state index contributed by atoms with van der Waals surface area (Å²) in [4.78, 5) is 2.44. The molecule has 0 aliphatic carbocycles. The SMILES string of the molecule is CCCCC#C/C(=C(/CC)CCCC)N1CCOCC1. The molecule has 20 heavy (non-hydrogen) atoms. The topological polar surface area (TPSA) is 12.5 Å². The van der Waals surface area contributed by atoms with Crippen LogP contribution >= 0.6 is 0 Å². The molecule has 0 unspecified atom stereocenters. The van der Waals surface area contributed by atoms with Crippen molar-refractivity contribution in [2.75, 3.05) is 26.3 Å². The van der Waals surface area contributed by atoms with Crippen LogP contribution in [0.1, 0.15) is 65.7 Å². The number of hydrogen-bond donors (Lipinski definition) is 0. The van der Waals surface area contributed by atoms with E-state index in [9.17, 15) is 0 Å². The van der Waals surface area contributed by atoms with Gasteiger partial charge in [-0.2, -0.15) is 0 Å². The summed E-state index contributed by atoms with van der Waals surface area (Å²) in [5.74, 6) is 6.87. The molecule has 1 saturated heterocycles. The zero-order valence-corrected chi connectivity index (χ0v) is 13.6. The first-order valence-corrected chi connectivity index (χ1v) is 8.37. The summed E-state index contributed by atoms with van der Waals surface area (Å²) < 4.78 is 5.47. The van der Waals surface area contributed by atoms with Crippen LogP contribution in [0.2, 0.25) is 0 Å². The summed E-state index contributed by atoms with van der Waals surface area (Å²) in [5.41, 5.74) is 2.85. The van der Waals surface area contributed by atoms with E-state index in [4.69, 9.17) is 4.74 Å². The van der Waals surface area contributed by atoms with Gasteiger partial charge < -0.3 is 9.64 Å². The van der Waals surface area contributed by atoms with Crippen LogP contribution < -0.4 is 0 Å². The second-order valence-electron chi connectivity index (χ2n) is 5.41. The fourth-order valence-corrected chi connectivity index (χ4v) is 2.44. The van der Waals surface area contributed by atoms with Gasteiger partial charge in [-0.3, -0.25) is 0 Å². The Morgan fingerprint density at radius 3 is 2.35 bits per heavy atom. The van der Waals surface area contributed by atoms with E-state index in [1.54, 1.807) is 0 Å². The van der Waals surface area contributed by atoms with Crippen LogP contribution in [0.3, 0.4) is 0 Å². The Morgan fingerprint density at radius 2 is 1.75 bits per heavy atom. The van der Waals surface area contributed by atoms with Crippen molar-refractivity contribution in [1.29, 1.82) is 0 Å². The third-order valence-corrected chi connectivity index (χ3v) is 3.78. The predicted molar refractivity (Wildman–Crippen MR) is 86.5 cm³/mol. The van der Waals surface area contributed by atoms with Crippen LogP contribution in [0.4, 0.5) is 0 Å². The highest BCUT2D eigenvalue weighted by atomic mass is 16.5. The lowest BCUT2D eigenvalue weighted by Crippen LogP contribution is -2.36. The zero-order valence-electron chi connectivity index (χ0n) is 13.6. The molecule has 0 bridgehead atoms. The summed E-state index contributed by atoms with van der Waals surface area (Å²) in [6.45, 7) is 10.4. The zero-order chi connectivity index (χ0) is 14.6. The summed E-state index contributed by atoms with van der Waals surface area (Å²) in [5, 5.41) is 0. The molecule has 2 nitrogen and oxygen atoms in total. The van der Waals surface area contributed by atoms with E-state index < -0.39 is 0 Å². The fourth-order valence-electron chi connectivity index (χ4n) is 2.44. The van der Waals surface area contributed by atoms with Crippen LogP contribution in [0, 0.1) is 11.8 Å². The van der Waals surface area contributed by atoms with Crippen LogP contribution in [0.15, 0.2) is 11.3 Å². The molecule has 0 radical (unpaired) electrons. The molecule has 0 aromatic carbocycles. The Hall–Kier alpha value is -0.940. The number of unbranched alkanes of at least 4 members (excludes halogenated alkanes) is 3. The van der Waals surface area contributed by atoms with Crippen molar-refractivity contribution in [3.63, 3.8) is 0 Å². The van der Waals surface area contributed by atoms with Crippen molar-refractivity contribution in [2.45, 2.75) is 65.7 Å². The molecule has 114 valence electrons. The van der Waals surface area contributed by atoms with Gasteiger partial charge in [-0.25, -0.2) is 0 Å². The maximum absolute atomic E-state index is 5.47. The van der Waals surface area contributed by atoms with Crippen molar-refractivity contribution in [1.82, 2.24) is 4.90 Å². The molecule has 0 aromatic heterocycles. The molecule has 0 N–H and O–H groups in total. The molecule has 1 fully saturated rings. The van der Waals surface area contributed by atoms with Gasteiger partial charge in [-0.05, 0) is 37.2 Å². The van der Waals surface area contributed by atoms with Gasteiger partial charge in [0.15, 0.2) is 0 Å². The third-order valence-electron chi connectivity index (χ3n) is 3.78. The van der Waals surface area contributed by atoms with Gasteiger partial charge in [0.2, 0.25) is 0 Å². The molecule has 0 amide bonds. The first-order chi connectivity index (χ1) is 9.83. The highest BCUT2D eigenvalue weighted by Crippen LogP contribution is 2.20. The van der Waals surface area contributed by atoms with Crippen molar-refractivity contribution in [2.24, 2.45) is 0 Å². The van der Waals surface area contributed by atoms with Crippen molar-refractivity contribution in [3.8, 4) is 11.8 Å². The summed E-state index contributed by atoms with van der Waals surface area (Å²) >= 11 is 0. The number of rotatable bonds is 7. The maximum atomic E-state index is 5.47. The van der Waals surface area contributed by atoms with E-state index in [2.05, 4.69) is 37.5 Å². The Labute approximate surface area is 125 Å². The van der Waals surface area contributed by atoms with Crippen molar-refractivity contribution < 1.29 is 4.74 Å². The van der Waals surface area contributed by atoms with E-state index in [-0.39, 0.29) is 0 Å². The number of ether oxygens (including phenoxy) is 1. The van der Waals surface area contributed by atoms with Crippen LogP contribution in [-0.2, 0) is 4.74 Å². The highest BCUT2D eigenvalue weighted by molar-refractivity contribution is 5.33. The highest BCUT2D eigenvalue weighted by Gasteiger charge is 2.15. The number of morpholine rings is 1. The average molecular weight is 277 g/mol. The average Bonchev–Trinajstić information content (AvgIpc) is 2.50. The molecule has 0 atom stereocenters.